The molecule has 1 fully saturated rings. The minimum absolute atomic E-state index is 0. The van der Waals surface area contributed by atoms with Crippen LogP contribution >= 0.6 is 12.4 Å². The van der Waals surface area contributed by atoms with E-state index in [0.29, 0.717) is 6.04 Å². The van der Waals surface area contributed by atoms with Crippen molar-refractivity contribution in [2.75, 3.05) is 19.6 Å². The number of nitrogens with zero attached hydrogens (tertiary/aromatic N) is 4. The highest BCUT2D eigenvalue weighted by Gasteiger charge is 2.24. The van der Waals surface area contributed by atoms with Crippen molar-refractivity contribution in [2.45, 2.75) is 12.6 Å². The van der Waals surface area contributed by atoms with Crippen molar-refractivity contribution in [3.05, 3.63) is 48.3 Å². The average molecular weight is 294 g/mol. The summed E-state index contributed by atoms with van der Waals surface area (Å²) in [7, 11) is 2.05. The van der Waals surface area contributed by atoms with Crippen LogP contribution < -0.4 is 5.32 Å². The number of rotatable bonds is 3. The zero-order valence-electron chi connectivity index (χ0n) is 11.6. The van der Waals surface area contributed by atoms with Crippen LogP contribution in [0.3, 0.4) is 0 Å². The van der Waals surface area contributed by atoms with Crippen LogP contribution in [0.1, 0.15) is 17.4 Å². The predicted octanol–water partition coefficient (Wildman–Crippen LogP) is 1.38. The van der Waals surface area contributed by atoms with Gasteiger partial charge in [0.15, 0.2) is 0 Å². The van der Waals surface area contributed by atoms with Gasteiger partial charge < -0.3 is 9.88 Å². The fourth-order valence-electron chi connectivity index (χ4n) is 2.57. The van der Waals surface area contributed by atoms with Crippen LogP contribution in [0.25, 0.3) is 0 Å². The second kappa shape index (κ2) is 6.83. The minimum atomic E-state index is 0. The standard InChI is InChI=1S/C14H19N5.ClH/c1-18-7-6-17-14(18)11-19-8-5-16-10-13(19)12-3-2-4-15-9-12;/h2-4,6-7,9,13,16H,5,8,10-11H2,1H3;1H. The maximum Gasteiger partial charge on any atom is 0.122 e. The molecule has 1 aliphatic rings. The molecule has 0 radical (unpaired) electrons. The first-order valence-electron chi connectivity index (χ1n) is 6.65. The summed E-state index contributed by atoms with van der Waals surface area (Å²) < 4.78 is 2.09. The lowest BCUT2D eigenvalue weighted by atomic mass is 10.1. The molecule has 1 unspecified atom stereocenters. The molecule has 0 aliphatic carbocycles. The van der Waals surface area contributed by atoms with E-state index in [1.54, 1.807) is 0 Å². The summed E-state index contributed by atoms with van der Waals surface area (Å²) in [5.74, 6) is 1.11. The quantitative estimate of drug-likeness (QED) is 0.929. The van der Waals surface area contributed by atoms with E-state index in [2.05, 4.69) is 30.8 Å². The zero-order chi connectivity index (χ0) is 13.1. The molecule has 20 heavy (non-hydrogen) atoms. The largest absolute Gasteiger partial charge is 0.337 e. The Labute approximate surface area is 125 Å². The smallest absolute Gasteiger partial charge is 0.122 e. The Hall–Kier alpha value is -1.43. The van der Waals surface area contributed by atoms with E-state index in [4.69, 9.17) is 0 Å². The Morgan fingerprint density at radius 3 is 3.00 bits per heavy atom. The molecule has 0 saturated carbocycles. The summed E-state index contributed by atoms with van der Waals surface area (Å²) in [4.78, 5) is 11.1. The van der Waals surface area contributed by atoms with E-state index in [1.165, 1.54) is 5.56 Å². The third-order valence-corrected chi connectivity index (χ3v) is 3.69. The van der Waals surface area contributed by atoms with Gasteiger partial charge in [-0.1, -0.05) is 6.07 Å². The first-order chi connectivity index (χ1) is 9.34. The zero-order valence-corrected chi connectivity index (χ0v) is 12.4. The first kappa shape index (κ1) is 15.0. The molecule has 3 heterocycles. The van der Waals surface area contributed by atoms with E-state index in [-0.39, 0.29) is 12.4 Å². The number of halogens is 1. The lowest BCUT2D eigenvalue weighted by molar-refractivity contribution is 0.148. The number of hydrogen-bond donors (Lipinski definition) is 1. The molecule has 2 aromatic heterocycles. The van der Waals surface area contributed by atoms with Gasteiger partial charge in [-0.15, -0.1) is 12.4 Å². The second-order valence-electron chi connectivity index (χ2n) is 4.93. The molecule has 2 aromatic rings. The van der Waals surface area contributed by atoms with Crippen molar-refractivity contribution in [1.82, 2.24) is 24.8 Å². The van der Waals surface area contributed by atoms with Gasteiger partial charge in [0, 0.05) is 57.5 Å². The van der Waals surface area contributed by atoms with Gasteiger partial charge in [0.1, 0.15) is 5.82 Å². The lowest BCUT2D eigenvalue weighted by Gasteiger charge is -2.36. The summed E-state index contributed by atoms with van der Waals surface area (Å²) in [5, 5.41) is 3.46. The van der Waals surface area contributed by atoms with Gasteiger partial charge in [-0.05, 0) is 11.6 Å². The van der Waals surface area contributed by atoms with Gasteiger partial charge in [-0.3, -0.25) is 9.88 Å². The molecule has 3 rings (SSSR count). The van der Waals surface area contributed by atoms with Gasteiger partial charge in [0.05, 0.1) is 6.54 Å². The van der Waals surface area contributed by atoms with Gasteiger partial charge in [0.2, 0.25) is 0 Å². The third kappa shape index (κ3) is 3.17. The van der Waals surface area contributed by atoms with Crippen molar-refractivity contribution >= 4 is 12.4 Å². The Bertz CT molecular complexity index is 527. The molecule has 108 valence electrons. The monoisotopic (exact) mass is 293 g/mol. The topological polar surface area (TPSA) is 46.0 Å². The normalized spacial score (nSPS) is 19.6. The van der Waals surface area contributed by atoms with Gasteiger partial charge >= 0.3 is 0 Å². The molecule has 1 N–H and O–H groups in total. The fourth-order valence-corrected chi connectivity index (χ4v) is 2.57. The van der Waals surface area contributed by atoms with Crippen LogP contribution in [0.5, 0.6) is 0 Å². The van der Waals surface area contributed by atoms with Crippen LogP contribution in [0.4, 0.5) is 0 Å². The summed E-state index contributed by atoms with van der Waals surface area (Å²) in [5.41, 5.74) is 1.27. The molecule has 0 bridgehead atoms. The maximum atomic E-state index is 4.42. The van der Waals surface area contributed by atoms with E-state index >= 15 is 0 Å². The molecule has 1 saturated heterocycles. The first-order valence-corrected chi connectivity index (χ1v) is 6.65. The number of piperazine rings is 1. The maximum absolute atomic E-state index is 4.42. The fraction of sp³-hybridized carbons (Fsp3) is 0.429. The van der Waals surface area contributed by atoms with Crippen molar-refractivity contribution in [1.29, 1.82) is 0 Å². The van der Waals surface area contributed by atoms with E-state index in [0.717, 1.165) is 32.0 Å². The second-order valence-corrected chi connectivity index (χ2v) is 4.93. The van der Waals surface area contributed by atoms with Crippen LogP contribution in [0.15, 0.2) is 36.9 Å². The number of nitrogens with one attached hydrogen (secondary N) is 1. The Morgan fingerprint density at radius 2 is 2.30 bits per heavy atom. The van der Waals surface area contributed by atoms with E-state index in [9.17, 15) is 0 Å². The van der Waals surface area contributed by atoms with Gasteiger partial charge in [-0.25, -0.2) is 4.98 Å². The molecule has 0 amide bonds. The Morgan fingerprint density at radius 1 is 1.40 bits per heavy atom. The molecule has 6 heteroatoms. The Kier molecular flexibility index (Phi) is 5.11. The van der Waals surface area contributed by atoms with Crippen LogP contribution in [0, 0.1) is 0 Å². The van der Waals surface area contributed by atoms with E-state index < -0.39 is 0 Å². The molecular formula is C14H20ClN5. The molecule has 1 atom stereocenters. The third-order valence-electron chi connectivity index (χ3n) is 3.69. The molecule has 0 spiro atoms. The predicted molar refractivity (Wildman–Crippen MR) is 80.7 cm³/mol. The van der Waals surface area contributed by atoms with Crippen molar-refractivity contribution in [2.24, 2.45) is 7.05 Å². The molecule has 5 nitrogen and oxygen atoms in total. The number of imidazole rings is 1. The summed E-state index contributed by atoms with van der Waals surface area (Å²) in [6.07, 6.45) is 7.64. The summed E-state index contributed by atoms with van der Waals surface area (Å²) >= 11 is 0. The number of hydrogen-bond acceptors (Lipinski definition) is 4. The Balaban J connectivity index is 0.00000147. The van der Waals surface area contributed by atoms with Crippen LogP contribution in [-0.4, -0.2) is 39.1 Å². The average Bonchev–Trinajstić information content (AvgIpc) is 2.86. The number of pyridine rings is 1. The highest BCUT2D eigenvalue weighted by Crippen LogP contribution is 2.22. The lowest BCUT2D eigenvalue weighted by Crippen LogP contribution is -2.45. The van der Waals surface area contributed by atoms with E-state index in [1.807, 2.05) is 37.9 Å². The molecule has 0 aromatic carbocycles. The van der Waals surface area contributed by atoms with Crippen LogP contribution in [0.2, 0.25) is 0 Å². The SMILES string of the molecule is Cl.Cn1ccnc1CN1CCNCC1c1cccnc1. The summed E-state index contributed by atoms with van der Waals surface area (Å²) in [6.45, 7) is 3.91. The van der Waals surface area contributed by atoms with Gasteiger partial charge in [0.25, 0.3) is 0 Å². The van der Waals surface area contributed by atoms with Gasteiger partial charge in [-0.2, -0.15) is 0 Å². The van der Waals surface area contributed by atoms with Crippen molar-refractivity contribution in [3.63, 3.8) is 0 Å². The van der Waals surface area contributed by atoms with Crippen molar-refractivity contribution in [3.8, 4) is 0 Å². The number of aromatic nitrogens is 3. The van der Waals surface area contributed by atoms with Crippen molar-refractivity contribution < 1.29 is 0 Å². The number of aryl methyl sites for hydroxylation is 1. The van der Waals surface area contributed by atoms with Crippen LogP contribution in [-0.2, 0) is 13.6 Å². The highest BCUT2D eigenvalue weighted by molar-refractivity contribution is 5.85. The minimum Gasteiger partial charge on any atom is -0.337 e. The summed E-state index contributed by atoms with van der Waals surface area (Å²) in [6, 6.07) is 4.53. The highest BCUT2D eigenvalue weighted by atomic mass is 35.5. The molecular weight excluding hydrogens is 274 g/mol. The molecule has 1 aliphatic heterocycles.